The molecule has 34 heavy (non-hydrogen) atoms. The van der Waals surface area contributed by atoms with E-state index in [0.29, 0.717) is 11.5 Å². The number of carbonyl (C=O) groups excluding carboxylic acids is 4. The first-order chi connectivity index (χ1) is 16.0. The van der Waals surface area contributed by atoms with Crippen LogP contribution in [0.1, 0.15) is 26.5 Å². The molecule has 2 aliphatic rings. The van der Waals surface area contributed by atoms with Gasteiger partial charge in [-0.15, -0.1) is 23.1 Å². The Kier molecular flexibility index (Phi) is 7.93. The lowest BCUT2D eigenvalue weighted by Crippen LogP contribution is -2.71. The number of thiazole rings is 1. The van der Waals surface area contributed by atoms with Crippen molar-refractivity contribution in [2.45, 2.75) is 32.2 Å². The predicted octanol–water partition coefficient (Wildman–Crippen LogP) is 1.08. The maximum atomic E-state index is 13.0. The fourth-order valence-electron chi connectivity index (χ4n) is 3.19. The van der Waals surface area contributed by atoms with Gasteiger partial charge in [-0.25, -0.2) is 9.78 Å². The highest BCUT2D eigenvalue weighted by Gasteiger charge is 2.54. The smallest absolute Gasteiger partial charge is 0.355 e. The first kappa shape index (κ1) is 26.0. The van der Waals surface area contributed by atoms with Crippen LogP contribution < -0.4 is 11.1 Å². The molecular weight excluding hydrogens is 502 g/mol. The summed E-state index contributed by atoms with van der Waals surface area (Å²) in [4.78, 5) is 56.0. The van der Waals surface area contributed by atoms with Gasteiger partial charge in [-0.2, -0.15) is 11.8 Å². The molecule has 0 spiro atoms. The summed E-state index contributed by atoms with van der Waals surface area (Å²) in [6.45, 7) is 4.78. The van der Waals surface area contributed by atoms with E-state index >= 15 is 0 Å². The largest absolute Gasteiger partial charge is 0.453 e. The van der Waals surface area contributed by atoms with E-state index in [1.54, 1.807) is 20.8 Å². The number of nitrogen functional groups attached to an aromatic ring is 1. The van der Waals surface area contributed by atoms with E-state index in [2.05, 4.69) is 15.5 Å². The minimum absolute atomic E-state index is 0.0809. The van der Waals surface area contributed by atoms with Crippen LogP contribution in [0.2, 0.25) is 0 Å². The van der Waals surface area contributed by atoms with Crippen molar-refractivity contribution in [1.82, 2.24) is 15.2 Å². The van der Waals surface area contributed by atoms with Gasteiger partial charge in [0.2, 0.25) is 0 Å². The number of oxime groups is 1. The minimum atomic E-state index is -0.944. The predicted molar refractivity (Wildman–Crippen MR) is 131 cm³/mol. The number of hydrogen-bond donors (Lipinski definition) is 3. The average Bonchev–Trinajstić information content (AvgIpc) is 3.20. The molecule has 2 aliphatic heterocycles. The number of esters is 1. The molecule has 1 fully saturated rings. The molecule has 4 N–H and O–H groups in total. The first-order valence-electron chi connectivity index (χ1n) is 10.1. The Labute approximate surface area is 208 Å². The van der Waals surface area contributed by atoms with Gasteiger partial charge in [0.1, 0.15) is 22.8 Å². The molecule has 0 saturated carbocycles. The lowest BCUT2D eigenvalue weighted by Gasteiger charge is -2.49. The van der Waals surface area contributed by atoms with Crippen molar-refractivity contribution in [3.63, 3.8) is 0 Å². The third-order valence-electron chi connectivity index (χ3n) is 5.10. The van der Waals surface area contributed by atoms with Crippen LogP contribution in [0.15, 0.2) is 21.8 Å². The van der Waals surface area contributed by atoms with E-state index in [9.17, 15) is 24.4 Å². The number of thioether (sulfide) groups is 2. The molecule has 0 aromatic carbocycles. The SMILES string of the molecule is CSCC1=C(C(=O)OCC(=O)C(C)(C)C)N2C(=O)C(NC(=O)C(=NO)c3csc(N)n3)[C@H]2SC1. The van der Waals surface area contributed by atoms with Crippen LogP contribution in [-0.2, 0) is 23.9 Å². The second-order valence-electron chi connectivity index (χ2n) is 8.52. The summed E-state index contributed by atoms with van der Waals surface area (Å²) in [5, 5.41) is 15.9. The molecule has 3 rings (SSSR count). The Balaban J connectivity index is 1.75. The summed E-state index contributed by atoms with van der Waals surface area (Å²) in [6.07, 6.45) is 1.87. The van der Waals surface area contributed by atoms with Gasteiger partial charge in [0.25, 0.3) is 11.8 Å². The molecule has 2 amide bonds. The van der Waals surface area contributed by atoms with Gasteiger partial charge in [0.05, 0.1) is 0 Å². The van der Waals surface area contributed by atoms with Gasteiger partial charge >= 0.3 is 5.97 Å². The maximum Gasteiger partial charge on any atom is 0.355 e. The van der Waals surface area contributed by atoms with Gasteiger partial charge in [0.15, 0.2) is 23.2 Å². The quantitative estimate of drug-likeness (QED) is 0.146. The molecule has 0 aliphatic carbocycles. The highest BCUT2D eigenvalue weighted by Crippen LogP contribution is 2.41. The fourth-order valence-corrected chi connectivity index (χ4v) is 5.80. The molecule has 14 heteroatoms. The third kappa shape index (κ3) is 5.23. The summed E-state index contributed by atoms with van der Waals surface area (Å²) < 4.78 is 5.26. The highest BCUT2D eigenvalue weighted by molar-refractivity contribution is 8.00. The molecular formula is C20H25N5O6S3. The summed E-state index contributed by atoms with van der Waals surface area (Å²) in [6, 6.07) is -0.944. The number of ketones is 1. The number of amides is 2. The second-order valence-corrected chi connectivity index (χ2v) is 11.4. The molecule has 0 bridgehead atoms. The van der Waals surface area contributed by atoms with Gasteiger partial charge in [0, 0.05) is 22.3 Å². The topological polar surface area (TPSA) is 164 Å². The lowest BCUT2D eigenvalue weighted by molar-refractivity contribution is -0.154. The van der Waals surface area contributed by atoms with Crippen LogP contribution >= 0.6 is 34.9 Å². The number of hydrogen-bond acceptors (Lipinski definition) is 12. The zero-order valence-electron chi connectivity index (χ0n) is 19.0. The number of anilines is 1. The summed E-state index contributed by atoms with van der Waals surface area (Å²) in [7, 11) is 0. The third-order valence-corrected chi connectivity index (χ3v) is 7.75. The van der Waals surface area contributed by atoms with Crippen molar-refractivity contribution in [2.24, 2.45) is 10.6 Å². The van der Waals surface area contributed by atoms with Crippen molar-refractivity contribution in [2.75, 3.05) is 30.1 Å². The number of aromatic nitrogens is 1. The van der Waals surface area contributed by atoms with Crippen molar-refractivity contribution in [3.8, 4) is 0 Å². The summed E-state index contributed by atoms with van der Waals surface area (Å²) in [5.74, 6) is -1.35. The van der Waals surface area contributed by atoms with E-state index in [0.717, 1.165) is 16.9 Å². The van der Waals surface area contributed by atoms with Crippen molar-refractivity contribution in [1.29, 1.82) is 0 Å². The normalized spacial score (nSPS) is 20.5. The second kappa shape index (κ2) is 10.4. The number of nitrogens with two attached hydrogens (primary N) is 1. The Bertz CT molecular complexity index is 1080. The van der Waals surface area contributed by atoms with Gasteiger partial charge in [-0.3, -0.25) is 19.3 Å². The van der Waals surface area contributed by atoms with Gasteiger partial charge < -0.3 is 21.0 Å². The van der Waals surface area contributed by atoms with Crippen molar-refractivity contribution < 1.29 is 29.1 Å². The molecule has 1 aromatic heterocycles. The van der Waals surface area contributed by atoms with Crippen LogP contribution in [-0.4, -0.2) is 80.2 Å². The van der Waals surface area contributed by atoms with Crippen LogP contribution in [0.4, 0.5) is 5.13 Å². The van der Waals surface area contributed by atoms with Crippen molar-refractivity contribution in [3.05, 3.63) is 22.3 Å². The van der Waals surface area contributed by atoms with Crippen molar-refractivity contribution >= 4 is 69.3 Å². The van der Waals surface area contributed by atoms with E-state index in [1.807, 2.05) is 6.26 Å². The standard InChI is InChI=1S/C20H25N5O6S3/c1-20(2,3)11(26)5-31-18(29)14-9(6-32-4)7-33-17-13(16(28)25(14)17)23-15(27)12(24-30)10-8-34-19(21)22-10/h8,13,17,30H,5-7H2,1-4H3,(H2,21,22)(H,23,27)/t13?,17-/m1/s1. The monoisotopic (exact) mass is 527 g/mol. The number of Topliss-reactive ketones (excluding diaryl/α,β-unsaturated/α-hetero) is 1. The van der Waals surface area contributed by atoms with E-state index in [4.69, 9.17) is 10.5 Å². The zero-order valence-corrected chi connectivity index (χ0v) is 21.4. The Morgan fingerprint density at radius 2 is 2.12 bits per heavy atom. The van der Waals surface area contributed by atoms with Crippen LogP contribution in [0.3, 0.4) is 0 Å². The number of carbonyl (C=O) groups is 4. The summed E-state index contributed by atoms with van der Waals surface area (Å²) in [5.41, 5.74) is 5.43. The van der Waals surface area contributed by atoms with Gasteiger partial charge in [-0.1, -0.05) is 25.9 Å². The lowest BCUT2D eigenvalue weighted by atomic mass is 9.91. The number of nitrogens with one attached hydrogen (secondary N) is 1. The number of β-lactam (4-membered cyclic amide) rings is 1. The molecule has 2 atom stereocenters. The first-order valence-corrected chi connectivity index (χ1v) is 13.4. The Hall–Kier alpha value is -2.58. The molecule has 184 valence electrons. The minimum Gasteiger partial charge on any atom is -0.453 e. The number of ether oxygens (including phenoxy) is 1. The molecule has 1 unspecified atom stereocenters. The fraction of sp³-hybridized carbons (Fsp3) is 0.500. The molecule has 1 aromatic rings. The Morgan fingerprint density at radius 1 is 1.41 bits per heavy atom. The van der Waals surface area contributed by atoms with E-state index in [1.165, 1.54) is 33.8 Å². The van der Waals surface area contributed by atoms with Crippen LogP contribution in [0.5, 0.6) is 0 Å². The average molecular weight is 528 g/mol. The van der Waals surface area contributed by atoms with E-state index < -0.39 is 41.2 Å². The molecule has 1 saturated heterocycles. The molecule has 0 radical (unpaired) electrons. The van der Waals surface area contributed by atoms with Crippen LogP contribution in [0, 0.1) is 5.41 Å². The number of nitrogens with zero attached hydrogens (tertiary/aromatic N) is 3. The number of rotatable bonds is 8. The summed E-state index contributed by atoms with van der Waals surface area (Å²) >= 11 is 3.95. The number of fused-ring (bicyclic) bond motifs is 1. The van der Waals surface area contributed by atoms with E-state index in [-0.39, 0.29) is 28.0 Å². The molecule has 11 nitrogen and oxygen atoms in total. The maximum absolute atomic E-state index is 13.0. The molecule has 3 heterocycles. The Morgan fingerprint density at radius 3 is 2.68 bits per heavy atom. The van der Waals surface area contributed by atoms with Gasteiger partial charge in [-0.05, 0) is 11.8 Å². The zero-order chi connectivity index (χ0) is 25.2. The highest BCUT2D eigenvalue weighted by atomic mass is 32.2. The van der Waals surface area contributed by atoms with Crippen LogP contribution in [0.25, 0.3) is 0 Å².